The Morgan fingerprint density at radius 3 is 2.82 bits per heavy atom. The van der Waals surface area contributed by atoms with Crippen LogP contribution < -0.4 is 15.8 Å². The molecule has 28 heavy (non-hydrogen) atoms. The third-order valence-corrected chi connectivity index (χ3v) is 5.12. The van der Waals surface area contributed by atoms with Crippen molar-refractivity contribution >= 4 is 5.82 Å². The molecule has 1 aromatic carbocycles. The number of piperidine rings is 1. The summed E-state index contributed by atoms with van der Waals surface area (Å²) in [6, 6.07) is 8.64. The first-order valence-corrected chi connectivity index (χ1v) is 9.53. The number of anilines is 1. The predicted octanol–water partition coefficient (Wildman–Crippen LogP) is 3.73. The van der Waals surface area contributed by atoms with Crippen LogP contribution in [0, 0.1) is 5.82 Å². The van der Waals surface area contributed by atoms with Gasteiger partial charge < -0.3 is 15.8 Å². The van der Waals surface area contributed by atoms with Gasteiger partial charge in [0.25, 0.3) is 0 Å². The van der Waals surface area contributed by atoms with Gasteiger partial charge in [0, 0.05) is 23.5 Å². The molecule has 3 aromatic rings. The summed E-state index contributed by atoms with van der Waals surface area (Å²) in [7, 11) is 0. The van der Waals surface area contributed by atoms with Gasteiger partial charge in [0.05, 0.1) is 12.2 Å². The molecule has 146 valence electrons. The second kappa shape index (κ2) is 7.98. The van der Waals surface area contributed by atoms with Crippen molar-refractivity contribution in [1.29, 1.82) is 0 Å². The Balaban J connectivity index is 1.54. The lowest BCUT2D eigenvalue weighted by atomic mass is 10.1. The highest BCUT2D eigenvalue weighted by Crippen LogP contribution is 2.31. The fourth-order valence-corrected chi connectivity index (χ4v) is 3.48. The number of hydrogen-bond donors (Lipinski definition) is 2. The van der Waals surface area contributed by atoms with E-state index in [1.165, 1.54) is 12.1 Å². The Hall–Kier alpha value is -2.93. The van der Waals surface area contributed by atoms with Crippen LogP contribution in [0.2, 0.25) is 0 Å². The average molecular weight is 381 g/mol. The molecule has 0 aliphatic carbocycles. The largest absolute Gasteiger partial charge is 0.482 e. The van der Waals surface area contributed by atoms with Crippen LogP contribution in [0.15, 0.2) is 48.9 Å². The molecule has 0 bridgehead atoms. The van der Waals surface area contributed by atoms with Gasteiger partial charge in [0.2, 0.25) is 0 Å². The van der Waals surface area contributed by atoms with Gasteiger partial charge in [-0.2, -0.15) is 5.10 Å². The maximum atomic E-state index is 13.5. The second-order valence-electron chi connectivity index (χ2n) is 7.11. The van der Waals surface area contributed by atoms with Crippen molar-refractivity contribution in [2.75, 3.05) is 18.8 Å². The molecule has 3 N–H and O–H groups in total. The standard InChI is InChI=1S/C21H24FN5O/c1-14(15-3-2-4-18(22)9-15)28-20-10-16(11-25-21(20)23)17-12-26-27(13-17)19-5-7-24-8-6-19/h2-4,9-14,19,24H,5-8H2,1H3,(H2,23,25)/t14-/m1/s1. The van der Waals surface area contributed by atoms with E-state index in [1.807, 2.05) is 36.1 Å². The van der Waals surface area contributed by atoms with Gasteiger partial charge in [-0.1, -0.05) is 12.1 Å². The van der Waals surface area contributed by atoms with Crippen molar-refractivity contribution in [3.05, 3.63) is 60.3 Å². The molecule has 1 atom stereocenters. The van der Waals surface area contributed by atoms with Gasteiger partial charge >= 0.3 is 0 Å². The van der Waals surface area contributed by atoms with Crippen LogP contribution in [0.4, 0.5) is 10.2 Å². The monoisotopic (exact) mass is 381 g/mol. The molecule has 1 aliphatic heterocycles. The van der Waals surface area contributed by atoms with Crippen molar-refractivity contribution in [3.63, 3.8) is 0 Å². The van der Waals surface area contributed by atoms with Gasteiger partial charge in [-0.05, 0) is 56.6 Å². The molecule has 3 heterocycles. The fraction of sp³-hybridized carbons (Fsp3) is 0.333. The van der Waals surface area contributed by atoms with E-state index in [9.17, 15) is 4.39 Å². The number of pyridine rings is 1. The quantitative estimate of drug-likeness (QED) is 0.704. The minimum absolute atomic E-state index is 0.293. The van der Waals surface area contributed by atoms with E-state index in [4.69, 9.17) is 10.5 Å². The number of rotatable bonds is 5. The molecule has 0 spiro atoms. The number of nitrogen functional groups attached to an aromatic ring is 1. The summed E-state index contributed by atoms with van der Waals surface area (Å²) in [5.74, 6) is 0.486. The molecule has 2 aromatic heterocycles. The number of nitrogens with two attached hydrogens (primary N) is 1. The summed E-state index contributed by atoms with van der Waals surface area (Å²) in [5, 5.41) is 7.90. The Bertz CT molecular complexity index is 951. The molecule has 6 nitrogen and oxygen atoms in total. The number of benzene rings is 1. The molecule has 1 fully saturated rings. The van der Waals surface area contributed by atoms with Gasteiger partial charge in [-0.15, -0.1) is 0 Å². The SMILES string of the molecule is C[C@@H](Oc1cc(-c2cnn(C3CCNCC3)c2)cnc1N)c1cccc(F)c1. The first-order chi connectivity index (χ1) is 13.6. The number of nitrogens with zero attached hydrogens (tertiary/aromatic N) is 3. The van der Waals surface area contributed by atoms with Crippen LogP contribution >= 0.6 is 0 Å². The third-order valence-electron chi connectivity index (χ3n) is 5.12. The van der Waals surface area contributed by atoms with Crippen LogP contribution in [0.3, 0.4) is 0 Å². The summed E-state index contributed by atoms with van der Waals surface area (Å²) in [5.41, 5.74) is 8.60. The molecule has 1 saturated heterocycles. The summed E-state index contributed by atoms with van der Waals surface area (Å²) in [6.07, 6.45) is 7.39. The highest BCUT2D eigenvalue weighted by Gasteiger charge is 2.17. The first kappa shape index (κ1) is 18.4. The molecule has 0 unspecified atom stereocenters. The maximum absolute atomic E-state index is 13.5. The van der Waals surface area contributed by atoms with Crippen LogP contribution in [-0.4, -0.2) is 27.9 Å². The minimum atomic E-state index is -0.354. The van der Waals surface area contributed by atoms with E-state index in [0.29, 0.717) is 17.6 Å². The van der Waals surface area contributed by atoms with Gasteiger partial charge in [-0.25, -0.2) is 9.37 Å². The van der Waals surface area contributed by atoms with Gasteiger partial charge in [0.15, 0.2) is 11.6 Å². The van der Waals surface area contributed by atoms with E-state index < -0.39 is 0 Å². The van der Waals surface area contributed by atoms with E-state index >= 15 is 0 Å². The van der Waals surface area contributed by atoms with Crippen molar-refractivity contribution in [2.24, 2.45) is 0 Å². The third kappa shape index (κ3) is 3.99. The predicted molar refractivity (Wildman–Crippen MR) is 106 cm³/mol. The number of ether oxygens (including phenoxy) is 1. The van der Waals surface area contributed by atoms with Crippen molar-refractivity contribution in [2.45, 2.75) is 31.9 Å². The fourth-order valence-electron chi connectivity index (χ4n) is 3.48. The summed E-state index contributed by atoms with van der Waals surface area (Å²) in [4.78, 5) is 4.27. The number of aromatic nitrogens is 3. The summed E-state index contributed by atoms with van der Waals surface area (Å²) in [6.45, 7) is 3.88. The normalized spacial score (nSPS) is 16.1. The van der Waals surface area contributed by atoms with Crippen LogP contribution in [0.5, 0.6) is 5.75 Å². The first-order valence-electron chi connectivity index (χ1n) is 9.53. The molecule has 7 heteroatoms. The Morgan fingerprint density at radius 2 is 2.04 bits per heavy atom. The Morgan fingerprint density at radius 1 is 1.21 bits per heavy atom. The summed E-state index contributed by atoms with van der Waals surface area (Å²) < 4.78 is 21.5. The summed E-state index contributed by atoms with van der Waals surface area (Å²) >= 11 is 0. The zero-order valence-electron chi connectivity index (χ0n) is 15.8. The van der Waals surface area contributed by atoms with Crippen LogP contribution in [-0.2, 0) is 0 Å². The molecule has 1 aliphatic rings. The maximum Gasteiger partial charge on any atom is 0.166 e. The zero-order valence-corrected chi connectivity index (χ0v) is 15.8. The minimum Gasteiger partial charge on any atom is -0.482 e. The molecule has 0 saturated carbocycles. The topological polar surface area (TPSA) is 78.0 Å². The molecule has 4 rings (SSSR count). The van der Waals surface area contributed by atoms with Crippen molar-refractivity contribution < 1.29 is 9.13 Å². The van der Waals surface area contributed by atoms with Gasteiger partial charge in [-0.3, -0.25) is 4.68 Å². The zero-order chi connectivity index (χ0) is 19.5. The van der Waals surface area contributed by atoms with E-state index in [0.717, 1.165) is 42.6 Å². The number of nitrogens with one attached hydrogen (secondary N) is 1. The Kier molecular flexibility index (Phi) is 5.25. The van der Waals surface area contributed by atoms with E-state index in [-0.39, 0.29) is 11.9 Å². The number of hydrogen-bond acceptors (Lipinski definition) is 5. The highest BCUT2D eigenvalue weighted by atomic mass is 19.1. The molecule has 0 amide bonds. The van der Waals surface area contributed by atoms with E-state index in [2.05, 4.69) is 15.4 Å². The van der Waals surface area contributed by atoms with Crippen molar-refractivity contribution in [1.82, 2.24) is 20.1 Å². The smallest absolute Gasteiger partial charge is 0.166 e. The second-order valence-corrected chi connectivity index (χ2v) is 7.11. The lowest BCUT2D eigenvalue weighted by Crippen LogP contribution is -2.29. The molecular weight excluding hydrogens is 357 g/mol. The lowest BCUT2D eigenvalue weighted by molar-refractivity contribution is 0.227. The lowest BCUT2D eigenvalue weighted by Gasteiger charge is -2.22. The Labute approximate surface area is 163 Å². The van der Waals surface area contributed by atoms with Crippen LogP contribution in [0.1, 0.15) is 37.5 Å². The van der Waals surface area contributed by atoms with Gasteiger partial charge in [0.1, 0.15) is 11.9 Å². The number of halogens is 1. The van der Waals surface area contributed by atoms with Crippen LogP contribution in [0.25, 0.3) is 11.1 Å². The highest BCUT2D eigenvalue weighted by molar-refractivity contribution is 5.65. The van der Waals surface area contributed by atoms with Crippen molar-refractivity contribution in [3.8, 4) is 16.9 Å². The molecule has 0 radical (unpaired) electrons. The average Bonchev–Trinajstić information content (AvgIpc) is 3.20. The van der Waals surface area contributed by atoms with E-state index in [1.54, 1.807) is 12.3 Å². The molecular formula is C21H24FN5O.